The van der Waals surface area contributed by atoms with Crippen molar-refractivity contribution in [3.8, 4) is 0 Å². The summed E-state index contributed by atoms with van der Waals surface area (Å²) in [6.45, 7) is 1.67. The number of rotatable bonds is 1. The van der Waals surface area contributed by atoms with Gasteiger partial charge < -0.3 is 14.6 Å². The molecule has 0 amide bonds. The number of carbonyl (C=O) groups excluding carboxylic acids is 1. The van der Waals surface area contributed by atoms with E-state index in [0.29, 0.717) is 5.82 Å². The van der Waals surface area contributed by atoms with Gasteiger partial charge in [-0.1, -0.05) is 0 Å². The summed E-state index contributed by atoms with van der Waals surface area (Å²) in [5.41, 5.74) is 2.09. The normalized spacial score (nSPS) is 14.0. The molecule has 15 heavy (non-hydrogen) atoms. The van der Waals surface area contributed by atoms with Gasteiger partial charge in [-0.2, -0.15) is 0 Å². The Morgan fingerprint density at radius 3 is 2.93 bits per heavy atom. The Bertz CT molecular complexity index is 376. The largest absolute Gasteiger partial charge is 0.463 e. The number of nitrogens with one attached hydrogen (secondary N) is 1. The van der Waals surface area contributed by atoms with Crippen LogP contribution in [0.3, 0.4) is 0 Å². The standard InChI is InChI=1S/C9H13N3O2.ClH/c1-12-7-3-4-10-5-6(7)11-8(12)9(13)14-2;/h10H,3-5H2,1-2H3;1H. The molecule has 84 valence electrons. The molecule has 2 rings (SSSR count). The minimum atomic E-state index is -0.373. The highest BCUT2D eigenvalue weighted by atomic mass is 35.5. The Kier molecular flexibility index (Phi) is 3.71. The van der Waals surface area contributed by atoms with E-state index in [1.165, 1.54) is 7.11 Å². The van der Waals surface area contributed by atoms with Crippen LogP contribution in [0.15, 0.2) is 0 Å². The van der Waals surface area contributed by atoms with E-state index in [1.54, 1.807) is 0 Å². The van der Waals surface area contributed by atoms with Gasteiger partial charge in [0.15, 0.2) is 0 Å². The minimum Gasteiger partial charge on any atom is -0.463 e. The van der Waals surface area contributed by atoms with Crippen LogP contribution in [0.2, 0.25) is 0 Å². The summed E-state index contributed by atoms with van der Waals surface area (Å²) in [5.74, 6) is 0.0168. The molecule has 1 aromatic heterocycles. The van der Waals surface area contributed by atoms with Crippen molar-refractivity contribution in [3.63, 3.8) is 0 Å². The highest BCUT2D eigenvalue weighted by molar-refractivity contribution is 5.86. The summed E-state index contributed by atoms with van der Waals surface area (Å²) in [4.78, 5) is 15.6. The predicted octanol–water partition coefficient (Wildman–Crippen LogP) is 0.274. The predicted molar refractivity (Wildman–Crippen MR) is 57.2 cm³/mol. The number of fused-ring (bicyclic) bond motifs is 1. The van der Waals surface area contributed by atoms with Crippen LogP contribution in [0, 0.1) is 0 Å². The van der Waals surface area contributed by atoms with E-state index in [4.69, 9.17) is 0 Å². The van der Waals surface area contributed by atoms with Crippen molar-refractivity contribution < 1.29 is 9.53 Å². The highest BCUT2D eigenvalue weighted by Gasteiger charge is 2.21. The molecular formula is C9H14ClN3O2. The van der Waals surface area contributed by atoms with Gasteiger partial charge in [-0.15, -0.1) is 12.4 Å². The minimum absolute atomic E-state index is 0. The van der Waals surface area contributed by atoms with Crippen LogP contribution < -0.4 is 5.32 Å². The highest BCUT2D eigenvalue weighted by Crippen LogP contribution is 2.14. The van der Waals surface area contributed by atoms with E-state index in [-0.39, 0.29) is 18.4 Å². The molecule has 0 saturated carbocycles. The third kappa shape index (κ3) is 1.98. The van der Waals surface area contributed by atoms with Crippen molar-refractivity contribution in [2.45, 2.75) is 13.0 Å². The van der Waals surface area contributed by atoms with Crippen LogP contribution in [0.4, 0.5) is 0 Å². The number of ether oxygens (including phenoxy) is 1. The summed E-state index contributed by atoms with van der Waals surface area (Å²) in [7, 11) is 3.22. The van der Waals surface area contributed by atoms with Gasteiger partial charge in [0.25, 0.3) is 0 Å². The molecule has 0 bridgehead atoms. The van der Waals surface area contributed by atoms with Gasteiger partial charge in [-0.05, 0) is 0 Å². The van der Waals surface area contributed by atoms with Gasteiger partial charge in [0, 0.05) is 32.3 Å². The molecule has 5 nitrogen and oxygen atoms in total. The second-order valence-electron chi connectivity index (χ2n) is 3.31. The smallest absolute Gasteiger partial charge is 0.374 e. The Balaban J connectivity index is 0.00000112. The first-order valence-electron chi connectivity index (χ1n) is 4.57. The number of methoxy groups -OCH3 is 1. The van der Waals surface area contributed by atoms with E-state index in [0.717, 1.165) is 30.9 Å². The van der Waals surface area contributed by atoms with Crippen molar-refractivity contribution in [2.24, 2.45) is 7.05 Å². The number of esters is 1. The first kappa shape index (κ1) is 12.0. The number of carbonyl (C=O) groups is 1. The number of halogens is 1. The molecule has 1 aliphatic heterocycles. The molecule has 0 radical (unpaired) electrons. The van der Waals surface area contributed by atoms with Crippen LogP contribution in [0.1, 0.15) is 22.0 Å². The number of hydrogen-bond donors (Lipinski definition) is 1. The average molecular weight is 232 g/mol. The zero-order chi connectivity index (χ0) is 10.1. The SMILES string of the molecule is COC(=O)c1nc2c(n1C)CCNC2.Cl. The molecule has 1 N–H and O–H groups in total. The third-order valence-corrected chi connectivity index (χ3v) is 2.50. The average Bonchev–Trinajstić information content (AvgIpc) is 2.56. The molecule has 1 aromatic rings. The number of nitrogens with zero attached hydrogens (tertiary/aromatic N) is 2. The van der Waals surface area contributed by atoms with E-state index >= 15 is 0 Å². The van der Waals surface area contributed by atoms with Crippen molar-refractivity contribution in [3.05, 3.63) is 17.2 Å². The lowest BCUT2D eigenvalue weighted by atomic mass is 10.2. The van der Waals surface area contributed by atoms with Crippen molar-refractivity contribution in [1.82, 2.24) is 14.9 Å². The van der Waals surface area contributed by atoms with Gasteiger partial charge in [0.05, 0.1) is 12.8 Å². The van der Waals surface area contributed by atoms with Crippen molar-refractivity contribution in [1.29, 1.82) is 0 Å². The quantitative estimate of drug-likeness (QED) is 0.706. The maximum Gasteiger partial charge on any atom is 0.374 e. The lowest BCUT2D eigenvalue weighted by Crippen LogP contribution is -2.24. The van der Waals surface area contributed by atoms with E-state index in [9.17, 15) is 4.79 Å². The summed E-state index contributed by atoms with van der Waals surface area (Å²) in [6.07, 6.45) is 0.913. The Hall–Kier alpha value is -1.07. The molecule has 0 fully saturated rings. The fourth-order valence-corrected chi connectivity index (χ4v) is 1.73. The zero-order valence-corrected chi connectivity index (χ0v) is 9.56. The van der Waals surface area contributed by atoms with E-state index in [2.05, 4.69) is 15.0 Å². The number of imidazole rings is 1. The molecule has 0 spiro atoms. The monoisotopic (exact) mass is 231 g/mol. The molecule has 1 aliphatic rings. The first-order valence-corrected chi connectivity index (χ1v) is 4.57. The second-order valence-corrected chi connectivity index (χ2v) is 3.31. The van der Waals surface area contributed by atoms with Crippen molar-refractivity contribution in [2.75, 3.05) is 13.7 Å². The lowest BCUT2D eigenvalue weighted by Gasteiger charge is -2.12. The molecule has 0 saturated heterocycles. The zero-order valence-electron chi connectivity index (χ0n) is 8.74. The summed E-state index contributed by atoms with van der Waals surface area (Å²) in [5, 5.41) is 3.21. The fraction of sp³-hybridized carbons (Fsp3) is 0.556. The van der Waals surface area contributed by atoms with Crippen LogP contribution in [0.25, 0.3) is 0 Å². The van der Waals surface area contributed by atoms with E-state index in [1.807, 2.05) is 11.6 Å². The number of hydrogen-bond acceptors (Lipinski definition) is 4. The maximum atomic E-state index is 11.3. The second kappa shape index (κ2) is 4.63. The summed E-state index contributed by atoms with van der Waals surface area (Å²) >= 11 is 0. The fourth-order valence-electron chi connectivity index (χ4n) is 1.73. The van der Waals surface area contributed by atoms with Gasteiger partial charge in [0.2, 0.25) is 5.82 Å². The third-order valence-electron chi connectivity index (χ3n) is 2.50. The molecule has 0 unspecified atom stereocenters. The number of aromatic nitrogens is 2. The Morgan fingerprint density at radius 2 is 2.33 bits per heavy atom. The van der Waals surface area contributed by atoms with Gasteiger partial charge in [-0.25, -0.2) is 9.78 Å². The molecule has 0 aliphatic carbocycles. The molecule has 0 aromatic carbocycles. The molecule has 6 heteroatoms. The van der Waals surface area contributed by atoms with Gasteiger partial charge in [-0.3, -0.25) is 0 Å². The van der Waals surface area contributed by atoms with Gasteiger partial charge >= 0.3 is 5.97 Å². The van der Waals surface area contributed by atoms with Crippen LogP contribution in [-0.4, -0.2) is 29.2 Å². The van der Waals surface area contributed by atoms with Gasteiger partial charge in [0.1, 0.15) is 0 Å². The summed E-state index contributed by atoms with van der Waals surface area (Å²) < 4.78 is 6.47. The van der Waals surface area contributed by atoms with Crippen LogP contribution >= 0.6 is 12.4 Å². The summed E-state index contributed by atoms with van der Waals surface area (Å²) in [6, 6.07) is 0. The maximum absolute atomic E-state index is 11.3. The molecule has 0 atom stereocenters. The van der Waals surface area contributed by atoms with Crippen LogP contribution in [0.5, 0.6) is 0 Å². The lowest BCUT2D eigenvalue weighted by molar-refractivity contribution is 0.0582. The Labute approximate surface area is 94.2 Å². The van der Waals surface area contributed by atoms with Crippen LogP contribution in [-0.2, 0) is 24.8 Å². The molecule has 2 heterocycles. The van der Waals surface area contributed by atoms with Crippen molar-refractivity contribution >= 4 is 18.4 Å². The Morgan fingerprint density at radius 1 is 1.60 bits per heavy atom. The molecular weight excluding hydrogens is 218 g/mol. The topological polar surface area (TPSA) is 56.1 Å². The van der Waals surface area contributed by atoms with E-state index < -0.39 is 0 Å². The first-order chi connectivity index (χ1) is 6.74.